The molecule has 186 valence electrons. The highest BCUT2D eigenvalue weighted by Gasteiger charge is 2.34. The third-order valence-corrected chi connectivity index (χ3v) is 7.51. The molecule has 36 heavy (non-hydrogen) atoms. The van der Waals surface area contributed by atoms with Gasteiger partial charge >= 0.3 is 0 Å². The molecule has 2 aliphatic rings. The summed E-state index contributed by atoms with van der Waals surface area (Å²) in [5.41, 5.74) is 1.63. The third-order valence-electron chi connectivity index (χ3n) is 7.51. The number of hydrogen-bond donors (Lipinski definition) is 1. The van der Waals surface area contributed by atoms with Crippen molar-refractivity contribution in [1.82, 2.24) is 14.8 Å². The lowest BCUT2D eigenvalue weighted by Gasteiger charge is -2.37. The van der Waals surface area contributed by atoms with Crippen LogP contribution < -0.4 is 5.32 Å². The summed E-state index contributed by atoms with van der Waals surface area (Å²) in [6.07, 6.45) is 4.53. The summed E-state index contributed by atoms with van der Waals surface area (Å²) in [6, 6.07) is 17.5. The van der Waals surface area contributed by atoms with Crippen LogP contribution in [0.5, 0.6) is 0 Å². The van der Waals surface area contributed by atoms with Crippen molar-refractivity contribution >= 4 is 34.3 Å². The number of nitrogens with zero attached hydrogens (tertiary/aromatic N) is 3. The minimum atomic E-state index is -0.239. The van der Waals surface area contributed by atoms with Crippen molar-refractivity contribution in [3.8, 4) is 0 Å². The second-order valence-corrected chi connectivity index (χ2v) is 9.87. The quantitative estimate of drug-likeness (QED) is 0.600. The highest BCUT2D eigenvalue weighted by atomic mass is 16.2. The fraction of sp³-hybridized carbons (Fsp3) is 0.379. The molecule has 2 aromatic carbocycles. The van der Waals surface area contributed by atoms with E-state index in [4.69, 9.17) is 0 Å². The number of amides is 3. The molecule has 2 fully saturated rings. The predicted molar refractivity (Wildman–Crippen MR) is 139 cm³/mol. The molecule has 0 aliphatic carbocycles. The minimum absolute atomic E-state index is 0.0252. The molecule has 2 saturated heterocycles. The fourth-order valence-corrected chi connectivity index (χ4v) is 5.40. The van der Waals surface area contributed by atoms with Gasteiger partial charge in [0.1, 0.15) is 5.82 Å². The number of nitrogens with one attached hydrogen (secondary N) is 1. The van der Waals surface area contributed by atoms with E-state index in [0.29, 0.717) is 50.4 Å². The van der Waals surface area contributed by atoms with E-state index < -0.39 is 0 Å². The first-order valence-electron chi connectivity index (χ1n) is 12.8. The summed E-state index contributed by atoms with van der Waals surface area (Å²) < 4.78 is 0. The highest BCUT2D eigenvalue weighted by molar-refractivity contribution is 6.07. The molecule has 1 atom stereocenters. The van der Waals surface area contributed by atoms with Gasteiger partial charge in [0.25, 0.3) is 5.91 Å². The van der Waals surface area contributed by atoms with Crippen LogP contribution in [-0.2, 0) is 9.59 Å². The normalized spacial score (nSPS) is 18.8. The van der Waals surface area contributed by atoms with Gasteiger partial charge in [0, 0.05) is 43.9 Å². The summed E-state index contributed by atoms with van der Waals surface area (Å²) >= 11 is 0. The largest absolute Gasteiger partial charge is 0.342 e. The number of carbonyl (C=O) groups is 3. The average Bonchev–Trinajstić information content (AvgIpc) is 2.93. The lowest BCUT2D eigenvalue weighted by atomic mass is 9.91. The smallest absolute Gasteiger partial charge is 0.254 e. The van der Waals surface area contributed by atoms with Crippen molar-refractivity contribution in [3.63, 3.8) is 0 Å². The van der Waals surface area contributed by atoms with E-state index in [1.807, 2.05) is 71.3 Å². The Labute approximate surface area is 211 Å². The Balaban J connectivity index is 1.18. The summed E-state index contributed by atoms with van der Waals surface area (Å²) in [6.45, 7) is 4.16. The molecule has 1 N–H and O–H groups in total. The summed E-state index contributed by atoms with van der Waals surface area (Å²) in [7, 11) is 0. The lowest BCUT2D eigenvalue weighted by molar-refractivity contribution is -0.139. The van der Waals surface area contributed by atoms with Crippen molar-refractivity contribution in [2.45, 2.75) is 32.6 Å². The monoisotopic (exact) mass is 484 g/mol. The molecule has 0 saturated carbocycles. The predicted octanol–water partition coefficient (Wildman–Crippen LogP) is 4.27. The Morgan fingerprint density at radius 1 is 0.861 bits per heavy atom. The number of aryl methyl sites for hydroxylation is 1. The molecule has 7 nitrogen and oxygen atoms in total. The molecule has 3 aromatic rings. The summed E-state index contributed by atoms with van der Waals surface area (Å²) in [5, 5.41) is 4.94. The van der Waals surface area contributed by atoms with Gasteiger partial charge in [0.15, 0.2) is 0 Å². The van der Waals surface area contributed by atoms with E-state index in [9.17, 15) is 14.4 Å². The van der Waals surface area contributed by atoms with Crippen LogP contribution in [0.4, 0.5) is 5.82 Å². The standard InChI is InChI=1S/C29H32N4O3/c1-20-7-5-15-30-26(20)31-27(34)23-10-6-16-33(19-23)28(35)22-13-17-32(18-14-22)29(36)25-12-4-9-21-8-2-3-11-24(21)25/h2-5,7-9,11-12,15,22-23H,6,10,13-14,16-19H2,1H3,(H,30,31,34)/t23-/m0/s1. The molecule has 2 aliphatic heterocycles. The van der Waals surface area contributed by atoms with E-state index in [1.54, 1.807) is 6.20 Å². The molecule has 5 rings (SSSR count). The van der Waals surface area contributed by atoms with Crippen LogP contribution in [-0.4, -0.2) is 58.7 Å². The maximum absolute atomic E-state index is 13.3. The molecule has 3 heterocycles. The van der Waals surface area contributed by atoms with E-state index >= 15 is 0 Å². The van der Waals surface area contributed by atoms with Gasteiger partial charge in [0.2, 0.25) is 11.8 Å². The highest BCUT2D eigenvalue weighted by Crippen LogP contribution is 2.27. The van der Waals surface area contributed by atoms with Crippen LogP contribution in [0.1, 0.15) is 41.6 Å². The zero-order chi connectivity index (χ0) is 25.1. The Morgan fingerprint density at radius 2 is 1.64 bits per heavy atom. The molecular formula is C29H32N4O3. The lowest BCUT2D eigenvalue weighted by Crippen LogP contribution is -2.48. The van der Waals surface area contributed by atoms with Gasteiger partial charge in [-0.1, -0.05) is 42.5 Å². The fourth-order valence-electron chi connectivity index (χ4n) is 5.40. The van der Waals surface area contributed by atoms with Gasteiger partial charge in [-0.15, -0.1) is 0 Å². The van der Waals surface area contributed by atoms with Crippen LogP contribution in [0.15, 0.2) is 60.8 Å². The maximum atomic E-state index is 13.3. The molecule has 0 unspecified atom stereocenters. The second kappa shape index (κ2) is 10.5. The van der Waals surface area contributed by atoms with Crippen LogP contribution in [0.2, 0.25) is 0 Å². The third kappa shape index (κ3) is 4.96. The molecule has 0 bridgehead atoms. The van der Waals surface area contributed by atoms with E-state index in [0.717, 1.165) is 29.2 Å². The zero-order valence-corrected chi connectivity index (χ0v) is 20.7. The van der Waals surface area contributed by atoms with E-state index in [2.05, 4.69) is 10.3 Å². The van der Waals surface area contributed by atoms with Gasteiger partial charge in [-0.25, -0.2) is 4.98 Å². The average molecular weight is 485 g/mol. The number of fused-ring (bicyclic) bond motifs is 1. The molecule has 7 heteroatoms. The number of piperidine rings is 2. The van der Waals surface area contributed by atoms with Crippen molar-refractivity contribution in [3.05, 3.63) is 71.9 Å². The number of likely N-dealkylation sites (tertiary alicyclic amines) is 2. The van der Waals surface area contributed by atoms with Crippen molar-refractivity contribution in [2.24, 2.45) is 11.8 Å². The topological polar surface area (TPSA) is 82.6 Å². The minimum Gasteiger partial charge on any atom is -0.342 e. The Bertz CT molecular complexity index is 1280. The van der Waals surface area contributed by atoms with Crippen molar-refractivity contribution in [1.29, 1.82) is 0 Å². The maximum Gasteiger partial charge on any atom is 0.254 e. The number of benzene rings is 2. The van der Waals surface area contributed by atoms with Crippen molar-refractivity contribution in [2.75, 3.05) is 31.5 Å². The van der Waals surface area contributed by atoms with Crippen LogP contribution in [0.3, 0.4) is 0 Å². The first kappa shape index (κ1) is 24.0. The number of aromatic nitrogens is 1. The summed E-state index contributed by atoms with van der Waals surface area (Å²) in [4.78, 5) is 47.5. The number of pyridine rings is 1. The number of rotatable bonds is 4. The number of hydrogen-bond acceptors (Lipinski definition) is 4. The molecule has 3 amide bonds. The molecule has 1 aromatic heterocycles. The number of anilines is 1. The van der Waals surface area contributed by atoms with E-state index in [1.165, 1.54) is 0 Å². The second-order valence-electron chi connectivity index (χ2n) is 9.87. The van der Waals surface area contributed by atoms with Crippen LogP contribution in [0, 0.1) is 18.8 Å². The van der Waals surface area contributed by atoms with Crippen molar-refractivity contribution < 1.29 is 14.4 Å². The van der Waals surface area contributed by atoms with Gasteiger partial charge in [0.05, 0.1) is 5.92 Å². The van der Waals surface area contributed by atoms with E-state index in [-0.39, 0.29) is 29.6 Å². The first-order chi connectivity index (χ1) is 17.5. The van der Waals surface area contributed by atoms with Gasteiger partial charge in [-0.05, 0) is 61.1 Å². The Morgan fingerprint density at radius 3 is 2.44 bits per heavy atom. The van der Waals surface area contributed by atoms with Gasteiger partial charge in [-0.2, -0.15) is 0 Å². The Hall–Kier alpha value is -3.74. The SMILES string of the molecule is Cc1cccnc1NC(=O)[C@H]1CCCN(C(=O)C2CCN(C(=O)c3cccc4ccccc34)CC2)C1. The molecule has 0 radical (unpaired) electrons. The summed E-state index contributed by atoms with van der Waals surface area (Å²) in [5.74, 6) is 0.286. The molecule has 0 spiro atoms. The Kier molecular flexibility index (Phi) is 6.98. The van der Waals surface area contributed by atoms with Crippen LogP contribution >= 0.6 is 0 Å². The van der Waals surface area contributed by atoms with Gasteiger partial charge in [-0.3, -0.25) is 14.4 Å². The van der Waals surface area contributed by atoms with Crippen LogP contribution in [0.25, 0.3) is 10.8 Å². The molecular weight excluding hydrogens is 452 g/mol. The first-order valence-corrected chi connectivity index (χ1v) is 12.8. The van der Waals surface area contributed by atoms with Gasteiger partial charge < -0.3 is 15.1 Å². The zero-order valence-electron chi connectivity index (χ0n) is 20.7. The number of carbonyl (C=O) groups excluding carboxylic acids is 3.